The summed E-state index contributed by atoms with van der Waals surface area (Å²) in [7, 11) is 0. The maximum atomic E-state index is 13.3. The molecule has 1 aromatic heterocycles. The van der Waals surface area contributed by atoms with Crippen LogP contribution in [-0.2, 0) is 25.6 Å². The summed E-state index contributed by atoms with van der Waals surface area (Å²) in [5, 5.41) is 18.1. The molecule has 0 aliphatic heterocycles. The second-order valence-corrected chi connectivity index (χ2v) is 9.83. The Balaban J connectivity index is 2.14. The number of aromatic nitrogens is 1. The van der Waals surface area contributed by atoms with Crippen molar-refractivity contribution in [3.05, 3.63) is 36.0 Å². The van der Waals surface area contributed by atoms with Gasteiger partial charge in [-0.25, -0.2) is 4.79 Å². The summed E-state index contributed by atoms with van der Waals surface area (Å²) in [5.41, 5.74) is 13.6. The number of nitrogens with one attached hydrogen (secondary N) is 4. The van der Waals surface area contributed by atoms with E-state index in [-0.39, 0.29) is 18.1 Å². The summed E-state index contributed by atoms with van der Waals surface area (Å²) >= 11 is 3.98. The van der Waals surface area contributed by atoms with Crippen LogP contribution in [0.5, 0.6) is 0 Å². The minimum atomic E-state index is -1.22. The number of carbonyl (C=O) groups is 4. The number of aliphatic carboxylic acids is 1. The van der Waals surface area contributed by atoms with E-state index in [4.69, 9.17) is 11.5 Å². The normalized spacial score (nSPS) is 15.2. The second kappa shape index (κ2) is 15.4. The van der Waals surface area contributed by atoms with Crippen LogP contribution >= 0.6 is 12.6 Å². The highest BCUT2D eigenvalue weighted by molar-refractivity contribution is 7.80. The van der Waals surface area contributed by atoms with Gasteiger partial charge in [0.15, 0.2) is 0 Å². The fourth-order valence-electron chi connectivity index (χ4n) is 4.07. The van der Waals surface area contributed by atoms with Gasteiger partial charge in [0, 0.05) is 22.9 Å². The first-order valence-corrected chi connectivity index (χ1v) is 13.5. The van der Waals surface area contributed by atoms with E-state index < -0.39 is 47.9 Å². The third-order valence-electron chi connectivity index (χ3n) is 6.62. The van der Waals surface area contributed by atoms with Crippen molar-refractivity contribution < 1.29 is 24.3 Å². The van der Waals surface area contributed by atoms with Gasteiger partial charge in [0.1, 0.15) is 18.1 Å². The Morgan fingerprint density at radius 1 is 1.03 bits per heavy atom. The van der Waals surface area contributed by atoms with Crippen LogP contribution in [0.2, 0.25) is 0 Å². The van der Waals surface area contributed by atoms with E-state index in [9.17, 15) is 24.3 Å². The van der Waals surface area contributed by atoms with Gasteiger partial charge in [0.2, 0.25) is 17.7 Å². The van der Waals surface area contributed by atoms with E-state index in [2.05, 4.69) is 33.6 Å². The average Bonchev–Trinajstić information content (AvgIpc) is 3.31. The number of amides is 3. The number of hydrogen-bond acceptors (Lipinski definition) is 7. The van der Waals surface area contributed by atoms with E-state index in [0.717, 1.165) is 16.5 Å². The molecule has 1 aromatic carbocycles. The van der Waals surface area contributed by atoms with Crippen molar-refractivity contribution in [2.75, 3.05) is 12.3 Å². The summed E-state index contributed by atoms with van der Waals surface area (Å²) in [6.07, 6.45) is 4.17. The first-order valence-electron chi connectivity index (χ1n) is 12.9. The number of rotatable bonds is 16. The SMILES string of the molecule is CCC(C)C(NC(=O)C(CCCCN)NC(=O)C(N)Cc1c[nH]c2ccccc12)C(=O)NC(CS)C(=O)O. The van der Waals surface area contributed by atoms with Crippen LogP contribution in [0.25, 0.3) is 10.9 Å². The molecule has 0 aliphatic rings. The lowest BCUT2D eigenvalue weighted by Gasteiger charge is -2.28. The zero-order valence-electron chi connectivity index (χ0n) is 21.9. The number of nitrogens with two attached hydrogens (primary N) is 2. The van der Waals surface area contributed by atoms with Crippen molar-refractivity contribution in [2.24, 2.45) is 17.4 Å². The molecule has 5 unspecified atom stereocenters. The average molecular weight is 549 g/mol. The standard InChI is InChI=1S/C26H40N6O5S/c1-3-15(2)22(25(35)31-21(14-38)26(36)37)32-24(34)20(10-6-7-11-27)30-23(33)18(28)12-16-13-29-19-9-5-4-8-17(16)19/h4-5,8-9,13,15,18,20-22,29,38H,3,6-7,10-12,14,27-28H2,1-2H3,(H,30,33)(H,31,35)(H,32,34)(H,36,37). The van der Waals surface area contributed by atoms with E-state index in [1.54, 1.807) is 6.92 Å². The monoisotopic (exact) mass is 548 g/mol. The lowest BCUT2D eigenvalue weighted by atomic mass is 9.97. The van der Waals surface area contributed by atoms with Gasteiger partial charge in [-0.3, -0.25) is 14.4 Å². The lowest BCUT2D eigenvalue weighted by Crippen LogP contribution is -2.59. The smallest absolute Gasteiger partial charge is 0.327 e. The fourth-order valence-corrected chi connectivity index (χ4v) is 4.32. The van der Waals surface area contributed by atoms with Crippen LogP contribution in [0.1, 0.15) is 45.1 Å². The summed E-state index contributed by atoms with van der Waals surface area (Å²) in [6.45, 7) is 4.06. The van der Waals surface area contributed by atoms with Gasteiger partial charge in [-0.1, -0.05) is 38.5 Å². The predicted octanol–water partition coefficient (Wildman–Crippen LogP) is 0.682. The minimum Gasteiger partial charge on any atom is -0.480 e. The number of hydrogen-bond donors (Lipinski definition) is 8. The van der Waals surface area contributed by atoms with Crippen molar-refractivity contribution in [1.82, 2.24) is 20.9 Å². The maximum absolute atomic E-state index is 13.3. The number of thiol groups is 1. The summed E-state index contributed by atoms with van der Waals surface area (Å²) < 4.78 is 0. The number of unbranched alkanes of at least 4 members (excludes halogenated alkanes) is 1. The summed E-state index contributed by atoms with van der Waals surface area (Å²) in [5.74, 6) is -3.29. The quantitative estimate of drug-likeness (QED) is 0.112. The molecule has 38 heavy (non-hydrogen) atoms. The fraction of sp³-hybridized carbons (Fsp3) is 0.538. The van der Waals surface area contributed by atoms with E-state index in [1.165, 1.54) is 0 Å². The van der Waals surface area contributed by atoms with Crippen LogP contribution in [-0.4, -0.2) is 70.2 Å². The number of H-pyrrole nitrogens is 1. The number of benzene rings is 1. The van der Waals surface area contributed by atoms with E-state index >= 15 is 0 Å². The first-order chi connectivity index (χ1) is 18.1. The van der Waals surface area contributed by atoms with Gasteiger partial charge in [-0.05, 0) is 49.8 Å². The molecule has 0 radical (unpaired) electrons. The highest BCUT2D eigenvalue weighted by Crippen LogP contribution is 2.19. The molecule has 11 nitrogen and oxygen atoms in total. The van der Waals surface area contributed by atoms with Crippen molar-refractivity contribution >= 4 is 47.2 Å². The van der Waals surface area contributed by atoms with E-state index in [0.29, 0.717) is 32.2 Å². The van der Waals surface area contributed by atoms with Crippen molar-refractivity contribution in [3.63, 3.8) is 0 Å². The Bertz CT molecular complexity index is 1090. The highest BCUT2D eigenvalue weighted by atomic mass is 32.1. The number of carboxylic acids is 1. The Morgan fingerprint density at radius 2 is 1.71 bits per heavy atom. The molecule has 12 heteroatoms. The molecule has 0 bridgehead atoms. The molecule has 2 aromatic rings. The molecule has 0 spiro atoms. The number of carbonyl (C=O) groups excluding carboxylic acids is 3. The minimum absolute atomic E-state index is 0.103. The van der Waals surface area contributed by atoms with Crippen LogP contribution in [0.15, 0.2) is 30.5 Å². The van der Waals surface area contributed by atoms with Gasteiger partial charge >= 0.3 is 5.97 Å². The molecular formula is C26H40N6O5S. The number of aromatic amines is 1. The largest absolute Gasteiger partial charge is 0.480 e. The third kappa shape index (κ3) is 8.74. The van der Waals surface area contributed by atoms with Gasteiger partial charge in [-0.2, -0.15) is 12.6 Å². The molecule has 9 N–H and O–H groups in total. The van der Waals surface area contributed by atoms with Gasteiger partial charge < -0.3 is 37.5 Å². The molecule has 5 atom stereocenters. The number of carboxylic acid groups (broad SMARTS) is 1. The maximum Gasteiger partial charge on any atom is 0.327 e. The van der Waals surface area contributed by atoms with Crippen LogP contribution < -0.4 is 27.4 Å². The molecule has 1 heterocycles. The molecule has 0 saturated heterocycles. The van der Waals surface area contributed by atoms with Crippen molar-refractivity contribution in [1.29, 1.82) is 0 Å². The molecule has 0 saturated carbocycles. The summed E-state index contributed by atoms with van der Waals surface area (Å²) in [6, 6.07) is 3.65. The third-order valence-corrected chi connectivity index (χ3v) is 6.99. The first kappa shape index (κ1) is 31.1. The Morgan fingerprint density at radius 3 is 2.34 bits per heavy atom. The van der Waals surface area contributed by atoms with Crippen LogP contribution in [0.4, 0.5) is 0 Å². The topological polar surface area (TPSA) is 192 Å². The van der Waals surface area contributed by atoms with Gasteiger partial charge in [0.25, 0.3) is 0 Å². The molecule has 0 aliphatic carbocycles. The Labute approximate surface area is 228 Å². The van der Waals surface area contributed by atoms with E-state index in [1.807, 2.05) is 37.4 Å². The lowest BCUT2D eigenvalue weighted by molar-refractivity contribution is -0.142. The molecule has 210 valence electrons. The van der Waals surface area contributed by atoms with Crippen LogP contribution in [0, 0.1) is 5.92 Å². The molecular weight excluding hydrogens is 508 g/mol. The Hall–Kier alpha value is -3.09. The van der Waals surface area contributed by atoms with Crippen LogP contribution in [0.3, 0.4) is 0 Å². The molecule has 2 rings (SSSR count). The molecule has 0 fully saturated rings. The van der Waals surface area contributed by atoms with Crippen molar-refractivity contribution in [2.45, 2.75) is 70.1 Å². The number of fused-ring (bicyclic) bond motifs is 1. The highest BCUT2D eigenvalue weighted by Gasteiger charge is 2.32. The Kier molecular flexibility index (Phi) is 12.6. The van der Waals surface area contributed by atoms with Crippen molar-refractivity contribution in [3.8, 4) is 0 Å². The number of para-hydroxylation sites is 1. The zero-order valence-corrected chi connectivity index (χ0v) is 22.8. The van der Waals surface area contributed by atoms with Gasteiger partial charge in [0.05, 0.1) is 6.04 Å². The zero-order chi connectivity index (χ0) is 28.2. The molecule has 3 amide bonds. The summed E-state index contributed by atoms with van der Waals surface area (Å²) in [4.78, 5) is 53.7. The van der Waals surface area contributed by atoms with Gasteiger partial charge in [-0.15, -0.1) is 0 Å². The second-order valence-electron chi connectivity index (χ2n) is 9.47. The predicted molar refractivity (Wildman–Crippen MR) is 150 cm³/mol.